The number of esters is 1. The third-order valence-electron chi connectivity index (χ3n) is 5.20. The minimum absolute atomic E-state index is 0.153. The summed E-state index contributed by atoms with van der Waals surface area (Å²) in [5.74, 6) is -1.16. The fraction of sp³-hybridized carbons (Fsp3) is 0.261. The molecule has 0 aliphatic carbocycles. The first-order valence-electron chi connectivity index (χ1n) is 9.63. The van der Waals surface area contributed by atoms with Gasteiger partial charge in [-0.3, -0.25) is 14.3 Å². The van der Waals surface area contributed by atoms with Crippen molar-refractivity contribution >= 4 is 17.6 Å². The molecule has 0 radical (unpaired) electrons. The molecular formula is C23H25N3O4. The molecule has 0 bridgehead atoms. The molecule has 0 saturated heterocycles. The zero-order valence-corrected chi connectivity index (χ0v) is 17.7. The van der Waals surface area contributed by atoms with Crippen molar-refractivity contribution in [2.45, 2.75) is 33.8 Å². The molecule has 1 heterocycles. The SMILES string of the molecule is Cc1ccc(C(=O)O[C@@H](C)C(=O)Nc2c(C)n(C)n(-c3ccccc3)c2=O)cc1C. The number of ether oxygens (including phenoxy) is 1. The normalized spacial score (nSPS) is 11.8. The zero-order chi connectivity index (χ0) is 22.0. The Morgan fingerprint density at radius 1 is 1.00 bits per heavy atom. The van der Waals surface area contributed by atoms with Crippen molar-refractivity contribution in [3.05, 3.63) is 81.3 Å². The van der Waals surface area contributed by atoms with E-state index in [1.54, 1.807) is 42.9 Å². The van der Waals surface area contributed by atoms with Crippen molar-refractivity contribution in [3.63, 3.8) is 0 Å². The summed E-state index contributed by atoms with van der Waals surface area (Å²) in [6, 6.07) is 14.3. The van der Waals surface area contributed by atoms with Crippen LogP contribution < -0.4 is 10.9 Å². The van der Waals surface area contributed by atoms with E-state index < -0.39 is 18.0 Å². The summed E-state index contributed by atoms with van der Waals surface area (Å²) in [4.78, 5) is 37.9. The van der Waals surface area contributed by atoms with Crippen LogP contribution in [0.2, 0.25) is 0 Å². The van der Waals surface area contributed by atoms with Crippen molar-refractivity contribution in [2.24, 2.45) is 7.05 Å². The van der Waals surface area contributed by atoms with Gasteiger partial charge in [-0.25, -0.2) is 9.48 Å². The maximum Gasteiger partial charge on any atom is 0.338 e. The predicted octanol–water partition coefficient (Wildman–Crippen LogP) is 3.29. The van der Waals surface area contributed by atoms with Gasteiger partial charge in [0.2, 0.25) is 0 Å². The van der Waals surface area contributed by atoms with E-state index in [1.165, 1.54) is 11.6 Å². The molecule has 156 valence electrons. The van der Waals surface area contributed by atoms with Gasteiger partial charge in [0.25, 0.3) is 11.5 Å². The molecule has 0 saturated carbocycles. The van der Waals surface area contributed by atoms with Crippen LogP contribution in [0.15, 0.2) is 53.3 Å². The summed E-state index contributed by atoms with van der Waals surface area (Å²) in [6.45, 7) is 7.06. The number of para-hydroxylation sites is 1. The van der Waals surface area contributed by atoms with Gasteiger partial charge in [-0.1, -0.05) is 24.3 Å². The first-order chi connectivity index (χ1) is 14.2. The largest absolute Gasteiger partial charge is 0.449 e. The highest BCUT2D eigenvalue weighted by Gasteiger charge is 2.23. The minimum Gasteiger partial charge on any atom is -0.449 e. The van der Waals surface area contributed by atoms with Crippen molar-refractivity contribution in [1.29, 1.82) is 0 Å². The standard InChI is InChI=1S/C23H25N3O4/c1-14-11-12-18(13-15(14)2)23(29)30-17(4)21(27)24-20-16(3)25(5)26(22(20)28)19-9-7-6-8-10-19/h6-13,17H,1-5H3,(H,24,27)/t17-/m0/s1. The Bertz CT molecular complexity index is 1160. The molecule has 1 atom stereocenters. The number of benzene rings is 2. The molecule has 7 heteroatoms. The highest BCUT2D eigenvalue weighted by atomic mass is 16.5. The Hall–Kier alpha value is -3.61. The average molecular weight is 407 g/mol. The summed E-state index contributed by atoms with van der Waals surface area (Å²) in [5, 5.41) is 2.62. The van der Waals surface area contributed by atoms with Crippen LogP contribution in [0.1, 0.15) is 34.1 Å². The van der Waals surface area contributed by atoms with Crippen LogP contribution in [-0.4, -0.2) is 27.3 Å². The molecule has 3 aromatic rings. The van der Waals surface area contributed by atoms with Gasteiger partial charge < -0.3 is 10.1 Å². The number of aromatic nitrogens is 2. The second-order valence-corrected chi connectivity index (χ2v) is 7.27. The van der Waals surface area contributed by atoms with Crippen molar-refractivity contribution in [3.8, 4) is 5.69 Å². The Labute approximate surface area is 174 Å². The molecule has 0 fully saturated rings. The first-order valence-corrected chi connectivity index (χ1v) is 9.63. The molecular weight excluding hydrogens is 382 g/mol. The molecule has 2 aromatic carbocycles. The number of rotatable bonds is 5. The van der Waals surface area contributed by atoms with E-state index in [0.717, 1.165) is 11.1 Å². The van der Waals surface area contributed by atoms with E-state index in [9.17, 15) is 14.4 Å². The van der Waals surface area contributed by atoms with Gasteiger partial charge in [0.05, 0.1) is 16.9 Å². The predicted molar refractivity (Wildman–Crippen MR) is 115 cm³/mol. The fourth-order valence-electron chi connectivity index (χ4n) is 3.09. The second-order valence-electron chi connectivity index (χ2n) is 7.27. The fourth-order valence-corrected chi connectivity index (χ4v) is 3.09. The Morgan fingerprint density at radius 3 is 2.30 bits per heavy atom. The van der Waals surface area contributed by atoms with E-state index in [4.69, 9.17) is 4.74 Å². The molecule has 0 aliphatic heterocycles. The number of nitrogens with one attached hydrogen (secondary N) is 1. The number of nitrogens with zero attached hydrogens (tertiary/aromatic N) is 2. The lowest BCUT2D eigenvalue weighted by molar-refractivity contribution is -0.123. The van der Waals surface area contributed by atoms with E-state index in [0.29, 0.717) is 16.9 Å². The number of hydrogen-bond acceptors (Lipinski definition) is 4. The average Bonchev–Trinajstić information content (AvgIpc) is 2.93. The van der Waals surface area contributed by atoms with E-state index in [2.05, 4.69) is 5.32 Å². The van der Waals surface area contributed by atoms with Gasteiger partial charge in [0.15, 0.2) is 6.10 Å². The van der Waals surface area contributed by atoms with Gasteiger partial charge in [-0.2, -0.15) is 0 Å². The Balaban J connectivity index is 1.78. The molecule has 30 heavy (non-hydrogen) atoms. The minimum atomic E-state index is -1.07. The first kappa shape index (κ1) is 21.1. The van der Waals surface area contributed by atoms with Crippen LogP contribution in [0.25, 0.3) is 5.69 Å². The monoisotopic (exact) mass is 407 g/mol. The smallest absolute Gasteiger partial charge is 0.338 e. The second kappa shape index (κ2) is 8.41. The van der Waals surface area contributed by atoms with Crippen LogP contribution in [0, 0.1) is 20.8 Å². The van der Waals surface area contributed by atoms with E-state index in [-0.39, 0.29) is 11.2 Å². The summed E-state index contributed by atoms with van der Waals surface area (Å²) >= 11 is 0. The topological polar surface area (TPSA) is 82.3 Å². The van der Waals surface area contributed by atoms with Crippen LogP contribution in [0.3, 0.4) is 0 Å². The number of carbonyl (C=O) groups is 2. The maximum atomic E-state index is 12.9. The van der Waals surface area contributed by atoms with E-state index in [1.807, 2.05) is 38.1 Å². The maximum absolute atomic E-state index is 12.9. The summed E-state index contributed by atoms with van der Waals surface area (Å²) < 4.78 is 8.43. The third-order valence-corrected chi connectivity index (χ3v) is 5.20. The third kappa shape index (κ3) is 4.05. The van der Waals surface area contributed by atoms with Crippen LogP contribution in [-0.2, 0) is 16.6 Å². The highest BCUT2D eigenvalue weighted by molar-refractivity contribution is 5.97. The number of carbonyl (C=O) groups excluding carboxylic acids is 2. The van der Waals surface area contributed by atoms with Gasteiger partial charge >= 0.3 is 5.97 Å². The molecule has 0 unspecified atom stereocenters. The van der Waals surface area contributed by atoms with Crippen LogP contribution >= 0.6 is 0 Å². The summed E-state index contributed by atoms with van der Waals surface area (Å²) in [5.41, 5.74) is 3.46. The number of amides is 1. The van der Waals surface area contributed by atoms with Crippen LogP contribution in [0.4, 0.5) is 5.69 Å². The number of aryl methyl sites for hydroxylation is 2. The van der Waals surface area contributed by atoms with Crippen molar-refractivity contribution in [2.75, 3.05) is 5.32 Å². The molecule has 0 aliphatic rings. The number of anilines is 1. The Kier molecular flexibility index (Phi) is 5.91. The lowest BCUT2D eigenvalue weighted by atomic mass is 10.1. The van der Waals surface area contributed by atoms with Crippen molar-refractivity contribution in [1.82, 2.24) is 9.36 Å². The highest BCUT2D eigenvalue weighted by Crippen LogP contribution is 2.15. The lowest BCUT2D eigenvalue weighted by Crippen LogP contribution is -2.32. The van der Waals surface area contributed by atoms with Crippen molar-refractivity contribution < 1.29 is 14.3 Å². The molecule has 7 nitrogen and oxygen atoms in total. The Morgan fingerprint density at radius 2 is 1.67 bits per heavy atom. The summed E-state index contributed by atoms with van der Waals surface area (Å²) in [6.07, 6.45) is -1.07. The molecule has 1 N–H and O–H groups in total. The van der Waals surface area contributed by atoms with E-state index >= 15 is 0 Å². The molecule has 0 spiro atoms. The molecule has 3 rings (SSSR count). The van der Waals surface area contributed by atoms with Crippen LogP contribution in [0.5, 0.6) is 0 Å². The summed E-state index contributed by atoms with van der Waals surface area (Å²) in [7, 11) is 1.74. The molecule has 1 amide bonds. The number of hydrogen-bond donors (Lipinski definition) is 1. The lowest BCUT2D eigenvalue weighted by Gasteiger charge is -2.13. The zero-order valence-electron chi connectivity index (χ0n) is 17.7. The van der Waals surface area contributed by atoms with Gasteiger partial charge in [-0.05, 0) is 63.1 Å². The van der Waals surface area contributed by atoms with Gasteiger partial charge in [0.1, 0.15) is 5.69 Å². The quantitative estimate of drug-likeness (QED) is 0.658. The van der Waals surface area contributed by atoms with Gasteiger partial charge in [0, 0.05) is 7.05 Å². The molecule has 1 aromatic heterocycles. The van der Waals surface area contributed by atoms with Gasteiger partial charge in [-0.15, -0.1) is 0 Å².